The molecule has 2 N–H and O–H groups in total. The van der Waals surface area contributed by atoms with Crippen LogP contribution in [-0.2, 0) is 32.5 Å². The largest absolute Gasteiger partial charge is 0.474 e. The van der Waals surface area contributed by atoms with Crippen LogP contribution in [0.2, 0.25) is 0 Å². The molecule has 1 amide bonds. The van der Waals surface area contributed by atoms with Crippen LogP contribution in [-0.4, -0.2) is 56.1 Å². The van der Waals surface area contributed by atoms with Gasteiger partial charge in [0.1, 0.15) is 6.10 Å². The van der Waals surface area contributed by atoms with E-state index in [9.17, 15) is 19.3 Å². The summed E-state index contributed by atoms with van der Waals surface area (Å²) in [4.78, 5) is 23.1. The quantitative estimate of drug-likeness (QED) is 0.457. The molecule has 0 aliphatic carbocycles. The fraction of sp³-hybridized carbons (Fsp3) is 0.846. The number of hydrogen-bond acceptors (Lipinski definition) is 8. The van der Waals surface area contributed by atoms with Crippen molar-refractivity contribution in [2.75, 3.05) is 33.0 Å². The van der Waals surface area contributed by atoms with Crippen LogP contribution in [0.4, 0.5) is 0 Å². The summed E-state index contributed by atoms with van der Waals surface area (Å²) in [5, 5.41) is 12.5. The second-order valence-corrected chi connectivity index (χ2v) is 7.29. The Bertz CT molecular complexity index is 457. The minimum atomic E-state index is -3.58. The summed E-state index contributed by atoms with van der Waals surface area (Å²) in [5.74, 6) is -1.09. The fourth-order valence-electron chi connectivity index (χ4n) is 1.71. The standard InChI is InChI=1S/C13H24NO8P/c1-4-19-10(15)5-6-14-12(17)11(16)13(2,3)9-22-23(18)20-7-8-21-23/h11,16H,4-9H2,1-3H3,(H,14,17)/t11-/m0/s1. The lowest BCUT2D eigenvalue weighted by Crippen LogP contribution is -2.46. The molecule has 1 heterocycles. The predicted molar refractivity (Wildman–Crippen MR) is 79.5 cm³/mol. The van der Waals surface area contributed by atoms with Crippen LogP contribution >= 0.6 is 7.82 Å². The molecule has 0 aromatic carbocycles. The van der Waals surface area contributed by atoms with Crippen LogP contribution < -0.4 is 5.32 Å². The van der Waals surface area contributed by atoms with Crippen LogP contribution in [0.25, 0.3) is 0 Å². The number of carbonyl (C=O) groups is 2. The fourth-order valence-corrected chi connectivity index (χ4v) is 3.02. The van der Waals surface area contributed by atoms with Gasteiger partial charge in [-0.05, 0) is 6.92 Å². The SMILES string of the molecule is CCOC(=O)CCNC(=O)[C@H](O)C(C)(C)COP1(=O)OCCO1. The number of esters is 1. The average Bonchev–Trinajstić information content (AvgIpc) is 2.92. The van der Waals surface area contributed by atoms with Gasteiger partial charge in [0.15, 0.2) is 0 Å². The van der Waals surface area contributed by atoms with Crippen molar-refractivity contribution >= 4 is 19.7 Å². The summed E-state index contributed by atoms with van der Waals surface area (Å²) < 4.78 is 31.4. The van der Waals surface area contributed by atoms with E-state index >= 15 is 0 Å². The Morgan fingerprint density at radius 2 is 1.96 bits per heavy atom. The monoisotopic (exact) mass is 353 g/mol. The molecular formula is C13H24NO8P. The molecule has 1 fully saturated rings. The zero-order chi connectivity index (χ0) is 17.5. The molecule has 23 heavy (non-hydrogen) atoms. The van der Waals surface area contributed by atoms with Gasteiger partial charge in [-0.1, -0.05) is 13.8 Å². The third kappa shape index (κ3) is 6.56. The molecule has 1 saturated heterocycles. The van der Waals surface area contributed by atoms with Gasteiger partial charge in [-0.15, -0.1) is 0 Å². The second-order valence-electron chi connectivity index (χ2n) is 5.62. The Hall–Kier alpha value is -0.990. The Morgan fingerprint density at radius 1 is 1.35 bits per heavy atom. The van der Waals surface area contributed by atoms with Crippen LogP contribution in [0, 0.1) is 5.41 Å². The maximum atomic E-state index is 11.9. The van der Waals surface area contributed by atoms with Crippen molar-refractivity contribution in [1.82, 2.24) is 5.32 Å². The maximum absolute atomic E-state index is 11.9. The minimum Gasteiger partial charge on any atom is -0.466 e. The number of rotatable bonds is 9. The summed E-state index contributed by atoms with van der Waals surface area (Å²) in [6, 6.07) is 0. The van der Waals surface area contributed by atoms with Gasteiger partial charge in [0.25, 0.3) is 0 Å². The topological polar surface area (TPSA) is 120 Å². The Kier molecular flexibility index (Phi) is 7.63. The van der Waals surface area contributed by atoms with Crippen molar-refractivity contribution in [2.45, 2.75) is 33.3 Å². The molecule has 1 aliphatic heterocycles. The lowest BCUT2D eigenvalue weighted by molar-refractivity contribution is -0.143. The summed E-state index contributed by atoms with van der Waals surface area (Å²) in [5.41, 5.74) is -1.03. The van der Waals surface area contributed by atoms with Gasteiger partial charge in [0.05, 0.1) is 32.8 Å². The van der Waals surface area contributed by atoms with Crippen LogP contribution in [0.3, 0.4) is 0 Å². The van der Waals surface area contributed by atoms with Crippen LogP contribution in [0.15, 0.2) is 0 Å². The van der Waals surface area contributed by atoms with Gasteiger partial charge in [-0.2, -0.15) is 0 Å². The number of phosphoric acid groups is 1. The van der Waals surface area contributed by atoms with Crippen molar-refractivity contribution in [3.05, 3.63) is 0 Å². The smallest absolute Gasteiger partial charge is 0.466 e. The van der Waals surface area contributed by atoms with E-state index in [4.69, 9.17) is 18.3 Å². The first-order valence-corrected chi connectivity index (χ1v) is 8.81. The van der Waals surface area contributed by atoms with Crippen LogP contribution in [0.1, 0.15) is 27.2 Å². The van der Waals surface area contributed by atoms with Gasteiger partial charge >= 0.3 is 13.8 Å². The highest BCUT2D eigenvalue weighted by Crippen LogP contribution is 2.53. The molecule has 1 rings (SSSR count). The first-order valence-electron chi connectivity index (χ1n) is 7.35. The molecule has 9 nitrogen and oxygen atoms in total. The van der Waals surface area contributed by atoms with E-state index < -0.39 is 31.2 Å². The Labute approximate surface area is 135 Å². The van der Waals surface area contributed by atoms with E-state index in [2.05, 4.69) is 5.32 Å². The number of hydrogen-bond donors (Lipinski definition) is 2. The zero-order valence-corrected chi connectivity index (χ0v) is 14.5. The lowest BCUT2D eigenvalue weighted by Gasteiger charge is -2.29. The highest BCUT2D eigenvalue weighted by atomic mass is 31.2. The van der Waals surface area contributed by atoms with E-state index in [-0.39, 0.29) is 39.4 Å². The summed E-state index contributed by atoms with van der Waals surface area (Å²) in [6.45, 7) is 5.31. The van der Waals surface area contributed by atoms with E-state index in [0.29, 0.717) is 0 Å². The van der Waals surface area contributed by atoms with Crippen LogP contribution in [0.5, 0.6) is 0 Å². The summed E-state index contributed by atoms with van der Waals surface area (Å²) >= 11 is 0. The molecule has 0 radical (unpaired) electrons. The number of nitrogens with one attached hydrogen (secondary N) is 1. The van der Waals surface area contributed by atoms with Crippen molar-refractivity contribution < 1.29 is 37.6 Å². The summed E-state index contributed by atoms with van der Waals surface area (Å²) in [7, 11) is -3.58. The second kappa shape index (κ2) is 8.75. The Balaban J connectivity index is 2.40. The number of aliphatic hydroxyl groups excluding tert-OH is 1. The number of carbonyl (C=O) groups excluding carboxylic acids is 2. The normalized spacial score (nSPS) is 18.4. The van der Waals surface area contributed by atoms with E-state index in [1.807, 2.05) is 0 Å². The molecule has 0 bridgehead atoms. The highest BCUT2D eigenvalue weighted by molar-refractivity contribution is 7.48. The van der Waals surface area contributed by atoms with Gasteiger partial charge in [-0.3, -0.25) is 23.2 Å². The van der Waals surface area contributed by atoms with Gasteiger partial charge in [0, 0.05) is 12.0 Å². The molecule has 1 aliphatic rings. The molecule has 134 valence electrons. The van der Waals surface area contributed by atoms with Crippen molar-refractivity contribution in [3.63, 3.8) is 0 Å². The molecule has 0 aromatic rings. The molecule has 1 atom stereocenters. The maximum Gasteiger partial charge on any atom is 0.474 e. The average molecular weight is 353 g/mol. The summed E-state index contributed by atoms with van der Waals surface area (Å²) in [6.07, 6.45) is -1.40. The van der Waals surface area contributed by atoms with E-state index in [0.717, 1.165) is 0 Å². The Morgan fingerprint density at radius 3 is 2.52 bits per heavy atom. The van der Waals surface area contributed by atoms with Crippen molar-refractivity contribution in [2.24, 2.45) is 5.41 Å². The van der Waals surface area contributed by atoms with E-state index in [1.165, 1.54) is 0 Å². The lowest BCUT2D eigenvalue weighted by atomic mass is 9.87. The number of aliphatic hydroxyl groups is 1. The first-order chi connectivity index (χ1) is 10.7. The predicted octanol–water partition coefficient (Wildman–Crippen LogP) is 0.614. The highest BCUT2D eigenvalue weighted by Gasteiger charge is 2.39. The van der Waals surface area contributed by atoms with Gasteiger partial charge in [-0.25, -0.2) is 4.57 Å². The minimum absolute atomic E-state index is 0.0140. The number of amides is 1. The first kappa shape index (κ1) is 20.1. The zero-order valence-electron chi connectivity index (χ0n) is 13.6. The molecule has 0 unspecified atom stereocenters. The van der Waals surface area contributed by atoms with Crippen molar-refractivity contribution in [3.8, 4) is 0 Å². The van der Waals surface area contributed by atoms with Gasteiger partial charge < -0.3 is 15.2 Å². The third-order valence-electron chi connectivity index (χ3n) is 3.10. The number of ether oxygens (including phenoxy) is 1. The molecule has 0 saturated carbocycles. The molecular weight excluding hydrogens is 329 g/mol. The van der Waals surface area contributed by atoms with Crippen molar-refractivity contribution in [1.29, 1.82) is 0 Å². The molecule has 0 aromatic heterocycles. The number of phosphoric ester groups is 1. The van der Waals surface area contributed by atoms with E-state index in [1.54, 1.807) is 20.8 Å². The molecule has 0 spiro atoms. The molecule has 10 heteroatoms. The third-order valence-corrected chi connectivity index (χ3v) is 4.54. The van der Waals surface area contributed by atoms with Gasteiger partial charge in [0.2, 0.25) is 5.91 Å².